The highest BCUT2D eigenvalue weighted by Gasteiger charge is 2.47. The van der Waals surface area contributed by atoms with Crippen molar-refractivity contribution in [3.8, 4) is 11.4 Å². The molecule has 2 aromatic carbocycles. The Morgan fingerprint density at radius 3 is 2.70 bits per heavy atom. The summed E-state index contributed by atoms with van der Waals surface area (Å²) in [5.74, 6) is 1.74. The maximum absolute atomic E-state index is 13.5. The van der Waals surface area contributed by atoms with E-state index in [9.17, 15) is 4.39 Å². The minimum absolute atomic E-state index is 0.266. The van der Waals surface area contributed by atoms with Crippen molar-refractivity contribution >= 4 is 11.9 Å². The lowest BCUT2D eigenvalue weighted by molar-refractivity contribution is -0.0948. The average Bonchev–Trinajstić information content (AvgIpc) is 3.38. The molecule has 1 fully saturated rings. The van der Waals surface area contributed by atoms with Crippen LogP contribution in [-0.4, -0.2) is 33.9 Å². The van der Waals surface area contributed by atoms with Crippen LogP contribution in [0.2, 0.25) is 0 Å². The molecular weight excluding hydrogens is 419 g/mol. The molecule has 33 heavy (non-hydrogen) atoms. The number of imidazole rings is 1. The number of aromatic nitrogens is 2. The lowest BCUT2D eigenvalue weighted by Crippen LogP contribution is -2.49. The number of hydrogen-bond acceptors (Lipinski definition) is 5. The smallest absolute Gasteiger partial charge is 0.234 e. The zero-order valence-corrected chi connectivity index (χ0v) is 19.2. The maximum Gasteiger partial charge on any atom is 0.234 e. The molecule has 1 aromatic heterocycles. The van der Waals surface area contributed by atoms with E-state index < -0.39 is 5.72 Å². The molecule has 2 unspecified atom stereocenters. The number of benzene rings is 2. The van der Waals surface area contributed by atoms with Gasteiger partial charge in [-0.3, -0.25) is 0 Å². The van der Waals surface area contributed by atoms with E-state index in [0.29, 0.717) is 5.92 Å². The van der Waals surface area contributed by atoms with Gasteiger partial charge >= 0.3 is 0 Å². The van der Waals surface area contributed by atoms with Crippen LogP contribution in [0.25, 0.3) is 11.8 Å². The van der Waals surface area contributed by atoms with Crippen LogP contribution in [0.4, 0.5) is 4.39 Å². The number of methoxy groups -OCH3 is 1. The minimum atomic E-state index is -0.766. The fraction of sp³-hybridized carbons (Fsp3) is 0.308. The lowest BCUT2D eigenvalue weighted by atomic mass is 9.90. The summed E-state index contributed by atoms with van der Waals surface area (Å²) in [4.78, 5) is 12.5. The number of hydrogen-bond donors (Lipinski definition) is 0. The van der Waals surface area contributed by atoms with Crippen LogP contribution in [-0.2, 0) is 10.6 Å². The molecule has 3 aromatic rings. The van der Waals surface area contributed by atoms with Gasteiger partial charge in [0.05, 0.1) is 24.8 Å². The summed E-state index contributed by atoms with van der Waals surface area (Å²) < 4.78 is 21.1. The molecule has 0 radical (unpaired) electrons. The van der Waals surface area contributed by atoms with Gasteiger partial charge in [-0.05, 0) is 60.7 Å². The number of rotatable bonds is 4. The summed E-state index contributed by atoms with van der Waals surface area (Å²) in [5.41, 5.74) is 4.12. The van der Waals surface area contributed by atoms with Crippen molar-refractivity contribution in [2.24, 2.45) is 11.1 Å². The number of nitrogens with zero attached hydrogens (tertiary/aromatic N) is 4. The summed E-state index contributed by atoms with van der Waals surface area (Å²) >= 11 is 0. The molecule has 7 heteroatoms. The summed E-state index contributed by atoms with van der Waals surface area (Å²) in [6.45, 7) is 6.98. The average molecular weight is 447 g/mol. The Morgan fingerprint density at radius 2 is 2.00 bits per heavy atom. The van der Waals surface area contributed by atoms with Gasteiger partial charge in [0.1, 0.15) is 11.6 Å². The standard InChI is InChI=1S/C26H27FN4O2/c1-17-11-20(12-19-5-10-23(24(13-19)32-4)30-15-18(2)28-16-30)25-29-33-26(3,31(25)14-17)21-6-8-22(27)9-7-21/h5-10,12-13,15-17H,11,14H2,1-4H3. The molecule has 2 aliphatic heterocycles. The van der Waals surface area contributed by atoms with Crippen molar-refractivity contribution in [3.63, 3.8) is 0 Å². The topological polar surface area (TPSA) is 51.9 Å². The number of ether oxygens (including phenoxy) is 1. The zero-order chi connectivity index (χ0) is 23.2. The molecule has 5 rings (SSSR count). The first-order valence-corrected chi connectivity index (χ1v) is 11.1. The number of piperidine rings is 1. The van der Waals surface area contributed by atoms with Crippen molar-refractivity contribution in [1.82, 2.24) is 14.5 Å². The van der Waals surface area contributed by atoms with Gasteiger partial charge < -0.3 is 19.0 Å². The van der Waals surface area contributed by atoms with Crippen LogP contribution >= 0.6 is 0 Å². The van der Waals surface area contributed by atoms with E-state index in [1.165, 1.54) is 12.1 Å². The van der Waals surface area contributed by atoms with Gasteiger partial charge in [0.25, 0.3) is 0 Å². The first-order chi connectivity index (χ1) is 15.9. The van der Waals surface area contributed by atoms with Gasteiger partial charge in [-0.2, -0.15) is 0 Å². The lowest BCUT2D eigenvalue weighted by Gasteiger charge is -2.40. The summed E-state index contributed by atoms with van der Waals surface area (Å²) in [6, 6.07) is 12.6. The molecule has 2 atom stereocenters. The monoisotopic (exact) mass is 446 g/mol. The number of halogens is 1. The fourth-order valence-electron chi connectivity index (χ4n) is 4.61. The molecule has 0 amide bonds. The van der Waals surface area contributed by atoms with Crippen molar-refractivity contribution in [3.05, 3.63) is 83.2 Å². The Bertz CT molecular complexity index is 1250. The Kier molecular flexibility index (Phi) is 5.19. The predicted molar refractivity (Wildman–Crippen MR) is 126 cm³/mol. The van der Waals surface area contributed by atoms with Crippen molar-refractivity contribution in [2.75, 3.05) is 13.7 Å². The van der Waals surface area contributed by atoms with Crippen LogP contribution in [0.15, 0.2) is 65.7 Å². The predicted octanol–water partition coefficient (Wildman–Crippen LogP) is 5.27. The number of amidine groups is 1. The van der Waals surface area contributed by atoms with E-state index in [-0.39, 0.29) is 5.82 Å². The third-order valence-electron chi connectivity index (χ3n) is 6.34. The Labute approximate surface area is 192 Å². The number of oxime groups is 1. The summed E-state index contributed by atoms with van der Waals surface area (Å²) in [7, 11) is 1.67. The quantitative estimate of drug-likeness (QED) is 0.548. The molecular formula is C26H27FN4O2. The molecule has 1 saturated heterocycles. The van der Waals surface area contributed by atoms with E-state index in [1.54, 1.807) is 25.6 Å². The molecule has 2 aliphatic rings. The van der Waals surface area contributed by atoms with Crippen LogP contribution in [0.3, 0.4) is 0 Å². The van der Waals surface area contributed by atoms with Crippen LogP contribution in [0.1, 0.15) is 37.1 Å². The minimum Gasteiger partial charge on any atom is -0.495 e. The molecule has 0 saturated carbocycles. The highest BCUT2D eigenvalue weighted by atomic mass is 19.1. The van der Waals surface area contributed by atoms with Gasteiger partial charge in [-0.25, -0.2) is 9.37 Å². The molecule has 0 bridgehead atoms. The SMILES string of the molecule is COc1cc(C=C2CC(C)CN3C2=NOC3(C)c2ccc(F)cc2)ccc1-n1cnc(C)c1. The van der Waals surface area contributed by atoms with Crippen molar-refractivity contribution < 1.29 is 14.0 Å². The molecule has 3 heterocycles. The van der Waals surface area contributed by atoms with E-state index in [4.69, 9.17) is 9.57 Å². The van der Waals surface area contributed by atoms with E-state index >= 15 is 0 Å². The normalized spacial score (nSPS) is 23.3. The second-order valence-electron chi connectivity index (χ2n) is 8.94. The van der Waals surface area contributed by atoms with Gasteiger partial charge in [0, 0.05) is 25.2 Å². The highest BCUT2D eigenvalue weighted by Crippen LogP contribution is 2.41. The number of aryl methyl sites for hydroxylation is 1. The first kappa shape index (κ1) is 21.2. The third-order valence-corrected chi connectivity index (χ3v) is 6.34. The molecule has 0 N–H and O–H groups in total. The summed E-state index contributed by atoms with van der Waals surface area (Å²) in [6.07, 6.45) is 6.79. The van der Waals surface area contributed by atoms with Gasteiger partial charge in [0.2, 0.25) is 5.72 Å². The second kappa shape index (κ2) is 8.06. The van der Waals surface area contributed by atoms with Gasteiger partial charge in [-0.15, -0.1) is 0 Å². The van der Waals surface area contributed by atoms with Gasteiger partial charge in [0.15, 0.2) is 5.84 Å². The second-order valence-corrected chi connectivity index (χ2v) is 8.94. The third kappa shape index (κ3) is 3.77. The van der Waals surface area contributed by atoms with Crippen molar-refractivity contribution in [2.45, 2.75) is 32.9 Å². The molecule has 0 aliphatic carbocycles. The Balaban J connectivity index is 1.48. The van der Waals surface area contributed by atoms with Crippen LogP contribution in [0.5, 0.6) is 5.75 Å². The first-order valence-electron chi connectivity index (χ1n) is 11.1. The summed E-state index contributed by atoms with van der Waals surface area (Å²) in [5, 5.41) is 4.47. The molecule has 0 spiro atoms. The Hall–Kier alpha value is -3.61. The van der Waals surface area contributed by atoms with Crippen LogP contribution in [0, 0.1) is 18.7 Å². The van der Waals surface area contributed by atoms with Crippen molar-refractivity contribution in [1.29, 1.82) is 0 Å². The maximum atomic E-state index is 13.5. The van der Waals surface area contributed by atoms with Gasteiger partial charge in [-0.1, -0.05) is 30.3 Å². The fourth-order valence-corrected chi connectivity index (χ4v) is 4.61. The zero-order valence-electron chi connectivity index (χ0n) is 19.2. The molecule has 6 nitrogen and oxygen atoms in total. The largest absolute Gasteiger partial charge is 0.495 e. The Morgan fingerprint density at radius 1 is 1.21 bits per heavy atom. The van der Waals surface area contributed by atoms with Crippen LogP contribution < -0.4 is 4.74 Å². The van der Waals surface area contributed by atoms with E-state index in [2.05, 4.69) is 34.1 Å². The molecule has 170 valence electrons. The van der Waals surface area contributed by atoms with E-state index in [0.717, 1.165) is 52.6 Å². The highest BCUT2D eigenvalue weighted by molar-refractivity contribution is 6.03. The number of fused-ring (bicyclic) bond motifs is 1. The van der Waals surface area contributed by atoms with E-state index in [1.807, 2.05) is 36.7 Å².